The number of nitrogens with one attached hydrogen (secondary N) is 2. The van der Waals surface area contributed by atoms with Gasteiger partial charge in [-0.1, -0.05) is 24.3 Å². The molecule has 1 aromatic heterocycles. The molecule has 0 saturated heterocycles. The number of nitrogens with zero attached hydrogens (tertiary/aromatic N) is 1. The van der Waals surface area contributed by atoms with E-state index < -0.39 is 0 Å². The van der Waals surface area contributed by atoms with E-state index in [9.17, 15) is 4.79 Å². The van der Waals surface area contributed by atoms with Crippen molar-refractivity contribution in [2.24, 2.45) is 5.10 Å². The highest BCUT2D eigenvalue weighted by molar-refractivity contribution is 9.10. The van der Waals surface area contributed by atoms with Crippen molar-refractivity contribution < 1.29 is 9.53 Å². The van der Waals surface area contributed by atoms with E-state index in [1.54, 1.807) is 6.21 Å². The molecule has 2 N–H and O–H groups in total. The Morgan fingerprint density at radius 3 is 2.81 bits per heavy atom. The number of ether oxygens (including phenoxy) is 1. The molecule has 0 atom stereocenters. The van der Waals surface area contributed by atoms with Gasteiger partial charge < -0.3 is 9.72 Å². The second kappa shape index (κ2) is 7.74. The number of amides is 1. The Labute approximate surface area is 160 Å². The number of aromatic amines is 1. The van der Waals surface area contributed by atoms with E-state index in [-0.39, 0.29) is 12.5 Å². The van der Waals surface area contributed by atoms with Crippen molar-refractivity contribution in [3.8, 4) is 5.75 Å². The first kappa shape index (κ1) is 18.2. The van der Waals surface area contributed by atoms with Crippen LogP contribution in [-0.2, 0) is 4.79 Å². The molecule has 1 amide bonds. The van der Waals surface area contributed by atoms with E-state index in [4.69, 9.17) is 4.74 Å². The predicted molar refractivity (Wildman–Crippen MR) is 108 cm³/mol. The summed E-state index contributed by atoms with van der Waals surface area (Å²) in [4.78, 5) is 15.3. The molecule has 0 aliphatic carbocycles. The van der Waals surface area contributed by atoms with Gasteiger partial charge >= 0.3 is 0 Å². The summed E-state index contributed by atoms with van der Waals surface area (Å²) in [5.74, 6) is 0.354. The lowest BCUT2D eigenvalue weighted by Gasteiger charge is -2.11. The highest BCUT2D eigenvalue weighted by atomic mass is 79.9. The van der Waals surface area contributed by atoms with Crippen LogP contribution in [0.5, 0.6) is 5.75 Å². The monoisotopic (exact) mass is 413 g/mol. The number of halogens is 1. The number of hydrogen-bond donors (Lipinski definition) is 2. The predicted octanol–water partition coefficient (Wildman–Crippen LogP) is 4.38. The topological polar surface area (TPSA) is 66.5 Å². The van der Waals surface area contributed by atoms with Gasteiger partial charge in [0.2, 0.25) is 0 Å². The molecular formula is C20H20BrN3O2. The van der Waals surface area contributed by atoms with Crippen LogP contribution < -0.4 is 10.2 Å². The van der Waals surface area contributed by atoms with Crippen molar-refractivity contribution in [2.45, 2.75) is 20.8 Å². The summed E-state index contributed by atoms with van der Waals surface area (Å²) in [6.45, 7) is 5.83. The molecule has 0 aliphatic rings. The molecule has 0 fully saturated rings. The first-order chi connectivity index (χ1) is 12.5. The van der Waals surface area contributed by atoms with Gasteiger partial charge in [0, 0.05) is 22.2 Å². The summed E-state index contributed by atoms with van der Waals surface area (Å²) in [6.07, 6.45) is 1.65. The number of hydrazone groups is 1. The molecule has 1 heterocycles. The van der Waals surface area contributed by atoms with Gasteiger partial charge in [-0.2, -0.15) is 5.10 Å². The third-order valence-electron chi connectivity index (χ3n) is 4.05. The summed E-state index contributed by atoms with van der Waals surface area (Å²) < 4.78 is 6.46. The molecule has 3 aromatic rings. The van der Waals surface area contributed by atoms with Gasteiger partial charge in [0.05, 0.1) is 10.7 Å². The first-order valence-corrected chi connectivity index (χ1v) is 9.03. The molecule has 0 unspecified atom stereocenters. The fourth-order valence-electron chi connectivity index (χ4n) is 2.89. The molecule has 134 valence electrons. The van der Waals surface area contributed by atoms with Crippen LogP contribution in [0.1, 0.15) is 22.4 Å². The molecule has 3 rings (SSSR count). The molecule has 0 saturated carbocycles. The molecule has 0 aliphatic heterocycles. The van der Waals surface area contributed by atoms with Crippen molar-refractivity contribution in [2.75, 3.05) is 6.61 Å². The lowest BCUT2D eigenvalue weighted by Crippen LogP contribution is -2.24. The molecule has 2 aromatic carbocycles. The molecule has 0 spiro atoms. The fraction of sp³-hybridized carbons (Fsp3) is 0.200. The molecule has 0 bridgehead atoms. The number of aromatic nitrogens is 1. The van der Waals surface area contributed by atoms with E-state index in [1.807, 2.05) is 57.2 Å². The smallest absolute Gasteiger partial charge is 0.277 e. The van der Waals surface area contributed by atoms with Crippen molar-refractivity contribution in [1.29, 1.82) is 0 Å². The number of rotatable bonds is 5. The minimum Gasteiger partial charge on any atom is -0.482 e. The second-order valence-corrected chi connectivity index (χ2v) is 7.04. The van der Waals surface area contributed by atoms with Gasteiger partial charge in [-0.05, 0) is 60.0 Å². The van der Waals surface area contributed by atoms with E-state index in [0.717, 1.165) is 37.8 Å². The Hall–Kier alpha value is -2.60. The quantitative estimate of drug-likeness (QED) is 0.481. The fourth-order valence-corrected chi connectivity index (χ4v) is 3.68. The Morgan fingerprint density at radius 2 is 2.04 bits per heavy atom. The summed E-state index contributed by atoms with van der Waals surface area (Å²) >= 11 is 3.47. The van der Waals surface area contributed by atoms with Gasteiger partial charge in [-0.25, -0.2) is 5.43 Å². The summed E-state index contributed by atoms with van der Waals surface area (Å²) in [7, 11) is 0. The number of benzene rings is 2. The van der Waals surface area contributed by atoms with Gasteiger partial charge in [-0.15, -0.1) is 0 Å². The van der Waals surface area contributed by atoms with Crippen LogP contribution in [0, 0.1) is 20.8 Å². The number of hydrogen-bond acceptors (Lipinski definition) is 3. The van der Waals surface area contributed by atoms with Crippen molar-refractivity contribution >= 4 is 39.0 Å². The highest BCUT2D eigenvalue weighted by Crippen LogP contribution is 2.30. The van der Waals surface area contributed by atoms with Crippen LogP contribution >= 0.6 is 15.9 Å². The molecule has 0 radical (unpaired) electrons. The molecular weight excluding hydrogens is 394 g/mol. The van der Waals surface area contributed by atoms with Gasteiger partial charge in [0.25, 0.3) is 5.91 Å². The Bertz CT molecular complexity index is 969. The summed E-state index contributed by atoms with van der Waals surface area (Å²) in [5.41, 5.74) is 7.61. The maximum Gasteiger partial charge on any atom is 0.277 e. The zero-order valence-corrected chi connectivity index (χ0v) is 16.5. The van der Waals surface area contributed by atoms with Crippen LogP contribution in [0.4, 0.5) is 0 Å². The Balaban J connectivity index is 1.62. The van der Waals surface area contributed by atoms with E-state index >= 15 is 0 Å². The highest BCUT2D eigenvalue weighted by Gasteiger charge is 2.09. The van der Waals surface area contributed by atoms with Crippen LogP contribution in [-0.4, -0.2) is 23.7 Å². The Morgan fingerprint density at radius 1 is 1.27 bits per heavy atom. The van der Waals surface area contributed by atoms with Gasteiger partial charge in [-0.3, -0.25) is 4.79 Å². The number of carbonyl (C=O) groups excluding carboxylic acids is 1. The summed E-state index contributed by atoms with van der Waals surface area (Å²) in [5, 5.41) is 5.13. The van der Waals surface area contributed by atoms with Gasteiger partial charge in [0.15, 0.2) is 6.61 Å². The first-order valence-electron chi connectivity index (χ1n) is 8.24. The Kier molecular flexibility index (Phi) is 5.42. The largest absolute Gasteiger partial charge is 0.482 e. The number of H-pyrrole nitrogens is 1. The zero-order chi connectivity index (χ0) is 18.7. The lowest BCUT2D eigenvalue weighted by molar-refractivity contribution is -0.123. The zero-order valence-electron chi connectivity index (χ0n) is 14.9. The minimum atomic E-state index is -0.314. The maximum absolute atomic E-state index is 12.0. The number of carbonyl (C=O) groups is 1. The van der Waals surface area contributed by atoms with E-state index in [0.29, 0.717) is 5.75 Å². The minimum absolute atomic E-state index is 0.104. The second-order valence-electron chi connectivity index (χ2n) is 6.18. The maximum atomic E-state index is 12.0. The third-order valence-corrected chi connectivity index (χ3v) is 4.64. The molecule has 6 heteroatoms. The summed E-state index contributed by atoms with van der Waals surface area (Å²) in [6, 6.07) is 11.9. The van der Waals surface area contributed by atoms with Crippen LogP contribution in [0.3, 0.4) is 0 Å². The normalized spacial score (nSPS) is 11.2. The number of aryl methyl sites for hydroxylation is 3. The number of para-hydroxylation sites is 1. The van der Waals surface area contributed by atoms with Crippen molar-refractivity contribution in [1.82, 2.24) is 10.4 Å². The molecule has 5 nitrogen and oxygen atoms in total. The average Bonchev–Trinajstić information content (AvgIpc) is 2.89. The SMILES string of the molecule is Cc1cc(C)c(OCC(=O)N/N=C\c2c(C)[nH]c3ccccc23)c(Br)c1. The third kappa shape index (κ3) is 3.96. The van der Waals surface area contributed by atoms with Crippen molar-refractivity contribution in [3.05, 3.63) is 63.3 Å². The number of fused-ring (bicyclic) bond motifs is 1. The van der Waals surface area contributed by atoms with Crippen LogP contribution in [0.25, 0.3) is 10.9 Å². The van der Waals surface area contributed by atoms with E-state index in [2.05, 4.69) is 31.4 Å². The van der Waals surface area contributed by atoms with Crippen LogP contribution in [0.15, 0.2) is 46.0 Å². The standard InChI is InChI=1S/C20H20BrN3O2/c1-12-8-13(2)20(17(21)9-12)26-11-19(25)24-22-10-16-14(3)23-18-7-5-4-6-15(16)18/h4-10,23H,11H2,1-3H3,(H,24,25)/b22-10-. The van der Waals surface area contributed by atoms with Crippen LogP contribution in [0.2, 0.25) is 0 Å². The molecule has 26 heavy (non-hydrogen) atoms. The van der Waals surface area contributed by atoms with Gasteiger partial charge in [0.1, 0.15) is 5.75 Å². The van der Waals surface area contributed by atoms with Crippen molar-refractivity contribution in [3.63, 3.8) is 0 Å². The average molecular weight is 414 g/mol. The van der Waals surface area contributed by atoms with E-state index in [1.165, 1.54) is 0 Å². The lowest BCUT2D eigenvalue weighted by atomic mass is 10.1.